The van der Waals surface area contributed by atoms with E-state index >= 15 is 0 Å². The third-order valence-corrected chi connectivity index (χ3v) is 2.98. The topological polar surface area (TPSA) is 70.0 Å². The fourth-order valence-electron chi connectivity index (χ4n) is 2.05. The normalized spacial score (nSPS) is 20.5. The number of amides is 1. The van der Waals surface area contributed by atoms with Crippen LogP contribution in [0, 0.1) is 0 Å². The third-order valence-electron chi connectivity index (χ3n) is 2.98. The van der Waals surface area contributed by atoms with Crippen LogP contribution in [0.1, 0.15) is 23.7 Å². The average Bonchev–Trinajstić information content (AvgIpc) is 2.56. The predicted molar refractivity (Wildman–Crippen MR) is 65.7 cm³/mol. The highest BCUT2D eigenvalue weighted by atomic mass is 16.5. The molecule has 1 heterocycles. The minimum absolute atomic E-state index is 0.0177. The summed E-state index contributed by atoms with van der Waals surface area (Å²) in [6, 6.07) is 4.40. The van der Waals surface area contributed by atoms with Gasteiger partial charge in [0.2, 0.25) is 0 Å². The van der Waals surface area contributed by atoms with Gasteiger partial charge in [0.05, 0.1) is 11.7 Å². The summed E-state index contributed by atoms with van der Waals surface area (Å²) < 4.78 is 5.47. The minimum Gasteiger partial charge on any atom is -0.504 e. The second-order valence-corrected chi connectivity index (χ2v) is 4.46. The average molecular weight is 251 g/mol. The molecule has 1 aliphatic heterocycles. The highest BCUT2D eigenvalue weighted by molar-refractivity contribution is 5.97. The zero-order valence-electron chi connectivity index (χ0n) is 10.3. The molecule has 0 aliphatic carbocycles. The Morgan fingerprint density at radius 1 is 1.44 bits per heavy atom. The van der Waals surface area contributed by atoms with E-state index in [9.17, 15) is 15.0 Å². The van der Waals surface area contributed by atoms with E-state index in [0.717, 1.165) is 6.42 Å². The maximum atomic E-state index is 12.3. The van der Waals surface area contributed by atoms with Crippen LogP contribution in [0.5, 0.6) is 11.5 Å². The molecule has 5 heteroatoms. The van der Waals surface area contributed by atoms with Gasteiger partial charge in [-0.2, -0.15) is 0 Å². The van der Waals surface area contributed by atoms with Crippen molar-refractivity contribution in [3.8, 4) is 11.5 Å². The zero-order valence-corrected chi connectivity index (χ0v) is 10.3. The molecule has 1 amide bonds. The number of rotatable bonds is 1. The molecular formula is C13H17NO4. The Labute approximate surface area is 106 Å². The monoisotopic (exact) mass is 251 g/mol. The van der Waals surface area contributed by atoms with Crippen LogP contribution in [-0.2, 0) is 4.74 Å². The van der Waals surface area contributed by atoms with Crippen LogP contribution in [0.3, 0.4) is 0 Å². The van der Waals surface area contributed by atoms with Gasteiger partial charge in [0.25, 0.3) is 5.91 Å². The maximum Gasteiger partial charge on any atom is 0.257 e. The summed E-state index contributed by atoms with van der Waals surface area (Å²) in [6.07, 6.45) is 0.756. The first-order valence-corrected chi connectivity index (χ1v) is 6.01. The molecule has 0 saturated carbocycles. The van der Waals surface area contributed by atoms with Gasteiger partial charge in [-0.1, -0.05) is 6.07 Å². The fourth-order valence-corrected chi connectivity index (χ4v) is 2.05. The first kappa shape index (κ1) is 12.7. The van der Waals surface area contributed by atoms with Crippen LogP contribution in [0.25, 0.3) is 0 Å². The lowest BCUT2D eigenvalue weighted by Gasteiger charge is -2.22. The Balaban J connectivity index is 2.22. The molecule has 0 radical (unpaired) electrons. The quantitative estimate of drug-likeness (QED) is 0.739. The van der Waals surface area contributed by atoms with Crippen LogP contribution < -0.4 is 0 Å². The fraction of sp³-hybridized carbons (Fsp3) is 0.462. The van der Waals surface area contributed by atoms with Crippen LogP contribution in [0.2, 0.25) is 0 Å². The molecule has 5 nitrogen and oxygen atoms in total. The largest absolute Gasteiger partial charge is 0.504 e. The van der Waals surface area contributed by atoms with E-state index < -0.39 is 0 Å². The number of para-hydroxylation sites is 1. The van der Waals surface area contributed by atoms with Gasteiger partial charge in [0.15, 0.2) is 11.5 Å². The van der Waals surface area contributed by atoms with Crippen molar-refractivity contribution in [2.45, 2.75) is 19.4 Å². The number of phenolic OH excluding ortho intramolecular Hbond substituents is 2. The summed E-state index contributed by atoms with van der Waals surface area (Å²) in [7, 11) is 0. The highest BCUT2D eigenvalue weighted by Crippen LogP contribution is 2.29. The molecule has 0 aromatic heterocycles. The van der Waals surface area contributed by atoms with E-state index in [-0.39, 0.29) is 29.1 Å². The van der Waals surface area contributed by atoms with Gasteiger partial charge in [-0.05, 0) is 25.5 Å². The number of aromatic hydroxyl groups is 2. The maximum absolute atomic E-state index is 12.3. The molecule has 1 aliphatic rings. The summed E-state index contributed by atoms with van der Waals surface area (Å²) in [5, 5.41) is 19.1. The lowest BCUT2D eigenvalue weighted by Crippen LogP contribution is -2.35. The Morgan fingerprint density at radius 3 is 3.00 bits per heavy atom. The van der Waals surface area contributed by atoms with Crippen molar-refractivity contribution in [2.24, 2.45) is 0 Å². The number of nitrogens with zero attached hydrogens (tertiary/aromatic N) is 1. The van der Waals surface area contributed by atoms with E-state index in [1.54, 1.807) is 11.0 Å². The summed E-state index contributed by atoms with van der Waals surface area (Å²) in [5.41, 5.74) is 0.129. The Hall–Kier alpha value is -1.75. The van der Waals surface area contributed by atoms with Crippen molar-refractivity contribution < 1.29 is 19.7 Å². The molecule has 1 aromatic carbocycles. The molecule has 98 valence electrons. The van der Waals surface area contributed by atoms with E-state index in [1.807, 2.05) is 6.92 Å². The molecule has 1 unspecified atom stereocenters. The summed E-state index contributed by atoms with van der Waals surface area (Å²) in [6.45, 7) is 3.64. The van der Waals surface area contributed by atoms with Gasteiger partial charge in [-0.25, -0.2) is 0 Å². The molecule has 1 aromatic rings. The SMILES string of the molecule is CC1CN(C(=O)c2cccc(O)c2O)CCCO1. The van der Waals surface area contributed by atoms with Crippen molar-refractivity contribution >= 4 is 5.91 Å². The van der Waals surface area contributed by atoms with Gasteiger partial charge in [-0.3, -0.25) is 4.79 Å². The predicted octanol–water partition coefficient (Wildman–Crippen LogP) is 1.35. The van der Waals surface area contributed by atoms with Crippen molar-refractivity contribution in [1.29, 1.82) is 0 Å². The van der Waals surface area contributed by atoms with E-state index in [0.29, 0.717) is 19.7 Å². The summed E-state index contributed by atoms with van der Waals surface area (Å²) in [5.74, 6) is -0.916. The van der Waals surface area contributed by atoms with Crippen LogP contribution >= 0.6 is 0 Å². The highest BCUT2D eigenvalue weighted by Gasteiger charge is 2.23. The smallest absolute Gasteiger partial charge is 0.257 e. The van der Waals surface area contributed by atoms with Crippen molar-refractivity contribution in [2.75, 3.05) is 19.7 Å². The molecule has 2 rings (SSSR count). The van der Waals surface area contributed by atoms with E-state index in [2.05, 4.69) is 0 Å². The Kier molecular flexibility index (Phi) is 3.72. The first-order chi connectivity index (χ1) is 8.59. The van der Waals surface area contributed by atoms with Gasteiger partial charge in [0, 0.05) is 19.7 Å². The number of phenols is 2. The number of carbonyl (C=O) groups excluding carboxylic acids is 1. The van der Waals surface area contributed by atoms with Gasteiger partial charge in [0.1, 0.15) is 0 Å². The van der Waals surface area contributed by atoms with Crippen LogP contribution in [0.15, 0.2) is 18.2 Å². The number of hydrogen-bond acceptors (Lipinski definition) is 4. The number of benzene rings is 1. The van der Waals surface area contributed by atoms with Crippen molar-refractivity contribution in [1.82, 2.24) is 4.90 Å². The minimum atomic E-state index is -0.361. The standard InChI is InChI=1S/C13H17NO4/c1-9-8-14(6-3-7-18-9)13(17)10-4-2-5-11(15)12(10)16/h2,4-5,9,15-16H,3,6-8H2,1H3. The van der Waals surface area contributed by atoms with E-state index in [4.69, 9.17) is 4.74 Å². The van der Waals surface area contributed by atoms with Crippen LogP contribution in [0.4, 0.5) is 0 Å². The molecule has 0 spiro atoms. The zero-order chi connectivity index (χ0) is 13.1. The number of hydrogen-bond donors (Lipinski definition) is 2. The second-order valence-electron chi connectivity index (χ2n) is 4.46. The molecule has 2 N–H and O–H groups in total. The van der Waals surface area contributed by atoms with Gasteiger partial charge in [-0.15, -0.1) is 0 Å². The first-order valence-electron chi connectivity index (χ1n) is 6.01. The van der Waals surface area contributed by atoms with Gasteiger partial charge >= 0.3 is 0 Å². The number of ether oxygens (including phenoxy) is 1. The van der Waals surface area contributed by atoms with Crippen molar-refractivity contribution in [3.05, 3.63) is 23.8 Å². The summed E-state index contributed by atoms with van der Waals surface area (Å²) >= 11 is 0. The molecule has 1 saturated heterocycles. The molecule has 1 atom stereocenters. The Bertz CT molecular complexity index is 447. The van der Waals surface area contributed by atoms with Crippen molar-refractivity contribution in [3.63, 3.8) is 0 Å². The molecule has 18 heavy (non-hydrogen) atoms. The third kappa shape index (κ3) is 2.56. The number of carbonyl (C=O) groups is 1. The summed E-state index contributed by atoms with van der Waals surface area (Å²) in [4.78, 5) is 13.9. The second kappa shape index (κ2) is 5.27. The Morgan fingerprint density at radius 2 is 2.22 bits per heavy atom. The van der Waals surface area contributed by atoms with E-state index in [1.165, 1.54) is 12.1 Å². The van der Waals surface area contributed by atoms with Crippen LogP contribution in [-0.4, -0.2) is 46.8 Å². The lowest BCUT2D eigenvalue weighted by molar-refractivity contribution is 0.0560. The molecule has 1 fully saturated rings. The van der Waals surface area contributed by atoms with Gasteiger partial charge < -0.3 is 19.8 Å². The molecule has 0 bridgehead atoms. The lowest BCUT2D eigenvalue weighted by atomic mass is 10.1. The molecular weight excluding hydrogens is 234 g/mol.